The fourth-order valence-corrected chi connectivity index (χ4v) is 2.19. The SMILES string of the molecule is O=C(N/N=C\c1ccncc1)c1ccccc1OCc1ccccc1. The molecule has 0 unspecified atom stereocenters. The molecule has 25 heavy (non-hydrogen) atoms. The lowest BCUT2D eigenvalue weighted by molar-refractivity contribution is 0.0950. The third-order valence-electron chi connectivity index (χ3n) is 3.45. The van der Waals surface area contributed by atoms with E-state index in [0.717, 1.165) is 11.1 Å². The Morgan fingerprint density at radius 1 is 1.00 bits per heavy atom. The summed E-state index contributed by atoms with van der Waals surface area (Å²) in [7, 11) is 0. The van der Waals surface area contributed by atoms with Gasteiger partial charge in [-0.05, 0) is 35.4 Å². The molecule has 5 heteroatoms. The van der Waals surface area contributed by atoms with Crippen molar-refractivity contribution in [2.45, 2.75) is 6.61 Å². The number of nitrogens with zero attached hydrogens (tertiary/aromatic N) is 2. The molecule has 1 amide bonds. The number of amides is 1. The van der Waals surface area contributed by atoms with E-state index in [-0.39, 0.29) is 5.91 Å². The van der Waals surface area contributed by atoms with Gasteiger partial charge in [0.05, 0.1) is 11.8 Å². The van der Waals surface area contributed by atoms with Crippen LogP contribution in [0.15, 0.2) is 84.2 Å². The third-order valence-corrected chi connectivity index (χ3v) is 3.45. The van der Waals surface area contributed by atoms with Crippen molar-refractivity contribution in [2.24, 2.45) is 5.10 Å². The molecule has 0 spiro atoms. The number of benzene rings is 2. The number of pyridine rings is 1. The van der Waals surface area contributed by atoms with Crippen LogP contribution >= 0.6 is 0 Å². The first-order valence-electron chi connectivity index (χ1n) is 7.82. The van der Waals surface area contributed by atoms with E-state index in [9.17, 15) is 4.79 Å². The lowest BCUT2D eigenvalue weighted by Gasteiger charge is -2.10. The maximum absolute atomic E-state index is 12.3. The normalized spacial score (nSPS) is 10.6. The highest BCUT2D eigenvalue weighted by Gasteiger charge is 2.11. The molecule has 0 atom stereocenters. The second-order valence-electron chi connectivity index (χ2n) is 5.25. The summed E-state index contributed by atoms with van der Waals surface area (Å²) in [5.74, 6) is 0.192. The van der Waals surface area contributed by atoms with Gasteiger partial charge in [0, 0.05) is 12.4 Å². The number of hydrogen-bond acceptors (Lipinski definition) is 4. The van der Waals surface area contributed by atoms with Gasteiger partial charge in [0.2, 0.25) is 0 Å². The van der Waals surface area contributed by atoms with Crippen molar-refractivity contribution in [3.05, 3.63) is 95.8 Å². The number of nitrogens with one attached hydrogen (secondary N) is 1. The average Bonchev–Trinajstić information content (AvgIpc) is 2.68. The van der Waals surface area contributed by atoms with Crippen molar-refractivity contribution in [3.8, 4) is 5.75 Å². The maximum Gasteiger partial charge on any atom is 0.275 e. The molecule has 0 aliphatic rings. The molecule has 1 heterocycles. The Bertz CT molecular complexity index is 849. The van der Waals surface area contributed by atoms with Crippen LogP contribution in [0.2, 0.25) is 0 Å². The Labute approximate surface area is 146 Å². The molecule has 3 rings (SSSR count). The Balaban J connectivity index is 1.65. The molecule has 0 fully saturated rings. The van der Waals surface area contributed by atoms with E-state index < -0.39 is 0 Å². The molecule has 124 valence electrons. The highest BCUT2D eigenvalue weighted by Crippen LogP contribution is 2.19. The first kappa shape index (κ1) is 16.4. The zero-order valence-electron chi connectivity index (χ0n) is 13.5. The van der Waals surface area contributed by atoms with Crippen LogP contribution in [0.4, 0.5) is 0 Å². The Kier molecular flexibility index (Phi) is 5.51. The number of aromatic nitrogens is 1. The molecule has 1 N–H and O–H groups in total. The summed E-state index contributed by atoms with van der Waals surface area (Å²) in [6.07, 6.45) is 4.89. The number of carbonyl (C=O) groups excluding carboxylic acids is 1. The van der Waals surface area contributed by atoms with Gasteiger partial charge in [0.25, 0.3) is 5.91 Å². The van der Waals surface area contributed by atoms with Crippen LogP contribution in [-0.4, -0.2) is 17.1 Å². The fourth-order valence-electron chi connectivity index (χ4n) is 2.19. The average molecular weight is 331 g/mol. The number of carbonyl (C=O) groups is 1. The van der Waals surface area contributed by atoms with E-state index in [0.29, 0.717) is 17.9 Å². The van der Waals surface area contributed by atoms with E-state index in [4.69, 9.17) is 4.74 Å². The number of hydrazone groups is 1. The Hall–Kier alpha value is -3.47. The monoisotopic (exact) mass is 331 g/mol. The van der Waals surface area contributed by atoms with Crippen molar-refractivity contribution in [2.75, 3.05) is 0 Å². The summed E-state index contributed by atoms with van der Waals surface area (Å²) >= 11 is 0. The van der Waals surface area contributed by atoms with Crippen molar-refractivity contribution in [1.29, 1.82) is 0 Å². The summed E-state index contributed by atoms with van der Waals surface area (Å²) in [4.78, 5) is 16.3. The summed E-state index contributed by atoms with van der Waals surface area (Å²) < 4.78 is 5.79. The van der Waals surface area contributed by atoms with Crippen molar-refractivity contribution in [3.63, 3.8) is 0 Å². The Morgan fingerprint density at radius 2 is 1.72 bits per heavy atom. The van der Waals surface area contributed by atoms with Crippen molar-refractivity contribution < 1.29 is 9.53 Å². The first-order chi connectivity index (χ1) is 12.3. The summed E-state index contributed by atoms with van der Waals surface area (Å²) in [6.45, 7) is 0.394. The maximum atomic E-state index is 12.3. The third kappa shape index (κ3) is 4.75. The van der Waals surface area contributed by atoms with Gasteiger partial charge >= 0.3 is 0 Å². The van der Waals surface area contributed by atoms with E-state index in [1.807, 2.05) is 36.4 Å². The lowest BCUT2D eigenvalue weighted by Crippen LogP contribution is -2.18. The highest BCUT2D eigenvalue weighted by molar-refractivity contribution is 5.97. The van der Waals surface area contributed by atoms with Gasteiger partial charge in [-0.3, -0.25) is 9.78 Å². The molecule has 0 saturated heterocycles. The summed E-state index contributed by atoms with van der Waals surface area (Å²) in [5, 5.41) is 3.97. The molecule has 3 aromatic rings. The second-order valence-corrected chi connectivity index (χ2v) is 5.25. The van der Waals surface area contributed by atoms with Crippen LogP contribution < -0.4 is 10.2 Å². The van der Waals surface area contributed by atoms with Gasteiger partial charge in [-0.15, -0.1) is 0 Å². The summed E-state index contributed by atoms with van der Waals surface area (Å²) in [6, 6.07) is 20.5. The van der Waals surface area contributed by atoms with Crippen LogP contribution in [0.25, 0.3) is 0 Å². The number of para-hydroxylation sites is 1. The van der Waals surface area contributed by atoms with Gasteiger partial charge in [-0.25, -0.2) is 5.43 Å². The zero-order valence-corrected chi connectivity index (χ0v) is 13.5. The zero-order chi connectivity index (χ0) is 17.3. The lowest BCUT2D eigenvalue weighted by atomic mass is 10.2. The van der Waals surface area contributed by atoms with Crippen molar-refractivity contribution in [1.82, 2.24) is 10.4 Å². The van der Waals surface area contributed by atoms with Crippen LogP contribution in [0.1, 0.15) is 21.5 Å². The first-order valence-corrected chi connectivity index (χ1v) is 7.82. The molecule has 5 nitrogen and oxygen atoms in total. The highest BCUT2D eigenvalue weighted by atomic mass is 16.5. The van der Waals surface area contributed by atoms with Crippen LogP contribution in [0.5, 0.6) is 5.75 Å². The largest absolute Gasteiger partial charge is 0.488 e. The molecule has 0 saturated carbocycles. The Morgan fingerprint density at radius 3 is 2.52 bits per heavy atom. The van der Waals surface area contributed by atoms with Gasteiger partial charge in [0.15, 0.2) is 0 Å². The molecule has 0 bridgehead atoms. The second kappa shape index (κ2) is 8.40. The fraction of sp³-hybridized carbons (Fsp3) is 0.0500. The van der Waals surface area contributed by atoms with E-state index in [2.05, 4.69) is 15.5 Å². The van der Waals surface area contributed by atoms with Gasteiger partial charge in [-0.1, -0.05) is 42.5 Å². The van der Waals surface area contributed by atoms with Crippen LogP contribution in [0, 0.1) is 0 Å². The minimum Gasteiger partial charge on any atom is -0.488 e. The van der Waals surface area contributed by atoms with E-state index >= 15 is 0 Å². The predicted molar refractivity (Wildman–Crippen MR) is 96.5 cm³/mol. The molecule has 1 aromatic heterocycles. The summed E-state index contributed by atoms with van der Waals surface area (Å²) in [5.41, 5.74) is 4.84. The van der Waals surface area contributed by atoms with Crippen LogP contribution in [-0.2, 0) is 6.61 Å². The van der Waals surface area contributed by atoms with Gasteiger partial charge in [0.1, 0.15) is 12.4 Å². The topological polar surface area (TPSA) is 63.6 Å². The van der Waals surface area contributed by atoms with Crippen LogP contribution in [0.3, 0.4) is 0 Å². The van der Waals surface area contributed by atoms with E-state index in [1.54, 1.807) is 48.9 Å². The minimum atomic E-state index is -0.325. The molecule has 2 aromatic carbocycles. The van der Waals surface area contributed by atoms with Crippen molar-refractivity contribution >= 4 is 12.1 Å². The van der Waals surface area contributed by atoms with Gasteiger partial charge < -0.3 is 4.74 Å². The molecule has 0 aliphatic heterocycles. The minimum absolute atomic E-state index is 0.325. The molecular formula is C20H17N3O2. The van der Waals surface area contributed by atoms with E-state index in [1.165, 1.54) is 0 Å². The molecular weight excluding hydrogens is 314 g/mol. The quantitative estimate of drug-likeness (QED) is 0.556. The number of rotatable bonds is 6. The predicted octanol–water partition coefficient (Wildman–Crippen LogP) is 3.42. The number of ether oxygens (including phenoxy) is 1. The molecule has 0 aliphatic carbocycles. The molecule has 0 radical (unpaired) electrons. The smallest absolute Gasteiger partial charge is 0.275 e. The van der Waals surface area contributed by atoms with Gasteiger partial charge in [-0.2, -0.15) is 5.10 Å². The number of hydrogen-bond donors (Lipinski definition) is 1. The standard InChI is InChI=1S/C20H17N3O2/c24-20(23-22-14-16-10-12-21-13-11-16)18-8-4-5-9-19(18)25-15-17-6-2-1-3-7-17/h1-14H,15H2,(H,23,24)/b22-14-.